The van der Waals surface area contributed by atoms with E-state index in [1.54, 1.807) is 37.5 Å². The van der Waals surface area contributed by atoms with Gasteiger partial charge in [0.1, 0.15) is 6.10 Å². The molecule has 1 atom stereocenters. The van der Waals surface area contributed by atoms with E-state index in [2.05, 4.69) is 25.9 Å². The first-order valence-corrected chi connectivity index (χ1v) is 10.4. The Kier molecular flexibility index (Phi) is 5.62. The predicted molar refractivity (Wildman–Crippen MR) is 98.3 cm³/mol. The van der Waals surface area contributed by atoms with Gasteiger partial charge in [-0.15, -0.1) is 0 Å². The number of halogens is 2. The average molecular weight is 447 g/mol. The summed E-state index contributed by atoms with van der Waals surface area (Å²) in [6, 6.07) is 5.16. The molecule has 0 N–H and O–H groups in total. The molecule has 2 aromatic rings. The lowest BCUT2D eigenvalue weighted by molar-refractivity contribution is 0.119. The summed E-state index contributed by atoms with van der Waals surface area (Å²) in [7, 11) is -3.63. The summed E-state index contributed by atoms with van der Waals surface area (Å²) >= 11 is 9.35. The number of nitrogens with zero attached hydrogens (tertiary/aromatic N) is 3. The van der Waals surface area contributed by atoms with E-state index in [0.717, 1.165) is 10.9 Å². The van der Waals surface area contributed by atoms with E-state index in [9.17, 15) is 8.42 Å². The van der Waals surface area contributed by atoms with Crippen LogP contribution in [-0.2, 0) is 10.0 Å². The Morgan fingerprint density at radius 3 is 2.76 bits per heavy atom. The molecular weight excluding hydrogens is 430 g/mol. The Morgan fingerprint density at radius 2 is 2.04 bits per heavy atom. The van der Waals surface area contributed by atoms with Gasteiger partial charge in [0.2, 0.25) is 10.0 Å². The molecule has 0 aliphatic carbocycles. The molecule has 134 valence electrons. The molecule has 1 fully saturated rings. The molecule has 3 rings (SSSR count). The van der Waals surface area contributed by atoms with E-state index < -0.39 is 10.0 Å². The summed E-state index contributed by atoms with van der Waals surface area (Å²) in [5.41, 5.74) is 0.559. The standard InChI is InChI=1S/C16H17BrClN3O3S/c1-11-14(18)5-2-6-15(11)25(22,23)21-7-3-4-13(10-21)24-16-19-8-12(17)9-20-16/h2,5-6,8-9,13H,3-4,7,10H2,1H3. The summed E-state index contributed by atoms with van der Waals surface area (Å²) in [6.45, 7) is 2.42. The third-order valence-corrected chi connectivity index (χ3v) is 6.87. The molecule has 0 spiro atoms. The molecule has 1 aromatic carbocycles. The van der Waals surface area contributed by atoms with Crippen molar-refractivity contribution in [1.29, 1.82) is 0 Å². The Bertz CT molecular complexity index is 861. The third-order valence-electron chi connectivity index (χ3n) is 4.05. The number of benzene rings is 1. The van der Waals surface area contributed by atoms with Crippen LogP contribution in [0.25, 0.3) is 0 Å². The van der Waals surface area contributed by atoms with Gasteiger partial charge in [0.15, 0.2) is 0 Å². The van der Waals surface area contributed by atoms with Gasteiger partial charge in [-0.25, -0.2) is 18.4 Å². The molecule has 0 radical (unpaired) electrons. The second-order valence-electron chi connectivity index (χ2n) is 5.79. The van der Waals surface area contributed by atoms with Crippen LogP contribution in [-0.4, -0.2) is 41.9 Å². The quantitative estimate of drug-likeness (QED) is 0.719. The molecule has 1 aliphatic rings. The number of hydrogen-bond acceptors (Lipinski definition) is 5. The Balaban J connectivity index is 1.78. The first kappa shape index (κ1) is 18.6. The molecule has 0 bridgehead atoms. The fourth-order valence-electron chi connectivity index (χ4n) is 2.74. The van der Waals surface area contributed by atoms with Crippen LogP contribution in [0.1, 0.15) is 18.4 Å². The van der Waals surface area contributed by atoms with Crippen molar-refractivity contribution < 1.29 is 13.2 Å². The van der Waals surface area contributed by atoms with Crippen LogP contribution in [0.5, 0.6) is 6.01 Å². The maximum atomic E-state index is 13.0. The first-order valence-electron chi connectivity index (χ1n) is 7.77. The molecule has 0 amide bonds. The van der Waals surface area contributed by atoms with Crippen molar-refractivity contribution in [1.82, 2.24) is 14.3 Å². The minimum absolute atomic E-state index is 0.237. The number of sulfonamides is 1. The Hall–Kier alpha value is -1.22. The van der Waals surface area contributed by atoms with Crippen molar-refractivity contribution >= 4 is 37.6 Å². The molecule has 25 heavy (non-hydrogen) atoms. The second-order valence-corrected chi connectivity index (χ2v) is 9.02. The fraction of sp³-hybridized carbons (Fsp3) is 0.375. The summed E-state index contributed by atoms with van der Waals surface area (Å²) in [5, 5.41) is 0.439. The maximum Gasteiger partial charge on any atom is 0.316 e. The summed E-state index contributed by atoms with van der Waals surface area (Å²) in [6.07, 6.45) is 4.36. The van der Waals surface area contributed by atoms with Gasteiger partial charge in [0.25, 0.3) is 0 Å². The summed E-state index contributed by atoms with van der Waals surface area (Å²) in [4.78, 5) is 8.39. The van der Waals surface area contributed by atoms with Crippen LogP contribution in [0.4, 0.5) is 0 Å². The monoisotopic (exact) mass is 445 g/mol. The highest BCUT2D eigenvalue weighted by molar-refractivity contribution is 9.10. The van der Waals surface area contributed by atoms with E-state index >= 15 is 0 Å². The molecule has 9 heteroatoms. The predicted octanol–water partition coefficient (Wildman–Crippen LogP) is 3.43. The van der Waals surface area contributed by atoms with Crippen molar-refractivity contribution in [2.75, 3.05) is 13.1 Å². The SMILES string of the molecule is Cc1c(Cl)cccc1S(=O)(=O)N1CCCC(Oc2ncc(Br)cn2)C1. The van der Waals surface area contributed by atoms with Crippen LogP contribution in [0.15, 0.2) is 40.0 Å². The van der Waals surface area contributed by atoms with E-state index in [1.807, 2.05) is 0 Å². The smallest absolute Gasteiger partial charge is 0.316 e. The third kappa shape index (κ3) is 4.13. The van der Waals surface area contributed by atoms with E-state index in [4.69, 9.17) is 16.3 Å². The van der Waals surface area contributed by atoms with Crippen molar-refractivity contribution in [2.45, 2.75) is 30.8 Å². The number of aromatic nitrogens is 2. The van der Waals surface area contributed by atoms with E-state index in [-0.39, 0.29) is 23.6 Å². The molecule has 1 aliphatic heterocycles. The van der Waals surface area contributed by atoms with Crippen molar-refractivity contribution in [3.05, 3.63) is 45.7 Å². The van der Waals surface area contributed by atoms with E-state index in [0.29, 0.717) is 23.6 Å². The van der Waals surface area contributed by atoms with Crippen molar-refractivity contribution in [3.8, 4) is 6.01 Å². The van der Waals surface area contributed by atoms with Crippen LogP contribution < -0.4 is 4.74 Å². The van der Waals surface area contributed by atoms with Crippen LogP contribution >= 0.6 is 27.5 Å². The van der Waals surface area contributed by atoms with Gasteiger partial charge in [-0.2, -0.15) is 4.31 Å². The van der Waals surface area contributed by atoms with Crippen molar-refractivity contribution in [3.63, 3.8) is 0 Å². The molecule has 6 nitrogen and oxygen atoms in total. The molecule has 2 heterocycles. The van der Waals surface area contributed by atoms with Gasteiger partial charge in [-0.1, -0.05) is 17.7 Å². The summed E-state index contributed by atoms with van der Waals surface area (Å²) < 4.78 is 33.9. The van der Waals surface area contributed by atoms with Crippen molar-refractivity contribution in [2.24, 2.45) is 0 Å². The Morgan fingerprint density at radius 1 is 1.32 bits per heavy atom. The minimum Gasteiger partial charge on any atom is -0.459 e. The highest BCUT2D eigenvalue weighted by Gasteiger charge is 2.32. The van der Waals surface area contributed by atoms with Crippen LogP contribution in [0.3, 0.4) is 0 Å². The zero-order valence-electron chi connectivity index (χ0n) is 13.5. The van der Waals surface area contributed by atoms with Gasteiger partial charge in [0, 0.05) is 24.0 Å². The fourth-order valence-corrected chi connectivity index (χ4v) is 4.93. The van der Waals surface area contributed by atoms with Gasteiger partial charge in [-0.05, 0) is 53.4 Å². The topological polar surface area (TPSA) is 72.4 Å². The lowest BCUT2D eigenvalue weighted by Gasteiger charge is -2.31. The molecule has 0 saturated carbocycles. The van der Waals surface area contributed by atoms with Crippen LogP contribution in [0.2, 0.25) is 5.02 Å². The molecule has 1 unspecified atom stereocenters. The zero-order valence-corrected chi connectivity index (χ0v) is 16.7. The highest BCUT2D eigenvalue weighted by atomic mass is 79.9. The number of rotatable bonds is 4. The van der Waals surface area contributed by atoms with Crippen LogP contribution in [0, 0.1) is 6.92 Å². The van der Waals surface area contributed by atoms with Gasteiger partial charge in [0.05, 0.1) is 15.9 Å². The maximum absolute atomic E-state index is 13.0. The largest absolute Gasteiger partial charge is 0.459 e. The van der Waals surface area contributed by atoms with Gasteiger partial charge >= 0.3 is 6.01 Å². The van der Waals surface area contributed by atoms with E-state index in [1.165, 1.54) is 4.31 Å². The lowest BCUT2D eigenvalue weighted by atomic mass is 10.1. The molecular formula is C16H17BrClN3O3S. The van der Waals surface area contributed by atoms with Gasteiger partial charge in [-0.3, -0.25) is 0 Å². The molecule has 1 saturated heterocycles. The first-order chi connectivity index (χ1) is 11.9. The Labute approximate surface area is 160 Å². The number of hydrogen-bond donors (Lipinski definition) is 0. The minimum atomic E-state index is -3.63. The van der Waals surface area contributed by atoms with Gasteiger partial charge < -0.3 is 4.74 Å². The number of piperidine rings is 1. The summed E-state index contributed by atoms with van der Waals surface area (Å²) in [5.74, 6) is 0. The molecule has 1 aromatic heterocycles. The zero-order chi connectivity index (χ0) is 18.0. The average Bonchev–Trinajstić information content (AvgIpc) is 2.59. The lowest BCUT2D eigenvalue weighted by Crippen LogP contribution is -2.44. The number of ether oxygens (including phenoxy) is 1. The normalized spacial score (nSPS) is 18.9. The highest BCUT2D eigenvalue weighted by Crippen LogP contribution is 2.28. The second kappa shape index (κ2) is 7.57.